The molecule has 35 heavy (non-hydrogen) atoms. The van der Waals surface area contributed by atoms with E-state index in [0.717, 1.165) is 28.7 Å². The van der Waals surface area contributed by atoms with Crippen LogP contribution in [-0.2, 0) is 9.53 Å². The minimum Gasteiger partial charge on any atom is -0.481 e. The van der Waals surface area contributed by atoms with Gasteiger partial charge in [0.1, 0.15) is 6.61 Å². The fourth-order valence-electron chi connectivity index (χ4n) is 5.04. The summed E-state index contributed by atoms with van der Waals surface area (Å²) in [5.41, 5.74) is 4.49. The molecule has 2 aliphatic rings. The van der Waals surface area contributed by atoms with Crippen LogP contribution >= 0.6 is 0 Å². The molecule has 1 aromatic heterocycles. The number of benzene rings is 2. The molecule has 2 aromatic carbocycles. The van der Waals surface area contributed by atoms with Crippen molar-refractivity contribution in [2.24, 2.45) is 5.92 Å². The Bertz CT molecular complexity index is 1230. The Balaban J connectivity index is 1.15. The standard InChI is InChI=1S/C25H25N5O5/c31-21(32)12-14-9-10-15(11-14)26-23(33)22-27-24(30-29-22)28-25(34)35-13-20-18-7-3-1-5-16(18)17-6-2-4-8-19(17)20/h1-8,14-15,20H,9-13H2,(H,26,33)(H,31,32)(H2,27,28,29,30,34). The van der Waals surface area contributed by atoms with E-state index in [-0.39, 0.29) is 42.7 Å². The summed E-state index contributed by atoms with van der Waals surface area (Å²) in [5, 5.41) is 20.6. The summed E-state index contributed by atoms with van der Waals surface area (Å²) in [5.74, 6) is -1.42. The van der Waals surface area contributed by atoms with Gasteiger partial charge in [0.25, 0.3) is 11.9 Å². The minimum atomic E-state index is -0.832. The number of carbonyl (C=O) groups excluding carboxylic acids is 2. The molecule has 5 rings (SSSR count). The van der Waals surface area contributed by atoms with E-state index in [9.17, 15) is 14.4 Å². The predicted octanol–water partition coefficient (Wildman–Crippen LogP) is 3.54. The normalized spacial score (nSPS) is 18.5. The van der Waals surface area contributed by atoms with Crippen molar-refractivity contribution < 1.29 is 24.2 Å². The molecule has 1 fully saturated rings. The summed E-state index contributed by atoms with van der Waals surface area (Å²) in [6, 6.07) is 16.0. The zero-order valence-corrected chi connectivity index (χ0v) is 18.9. The maximum Gasteiger partial charge on any atom is 0.414 e. The number of hydrogen-bond donors (Lipinski definition) is 4. The fourth-order valence-corrected chi connectivity index (χ4v) is 5.04. The number of ether oxygens (including phenoxy) is 1. The summed E-state index contributed by atoms with van der Waals surface area (Å²) in [6.45, 7) is 0.150. The highest BCUT2D eigenvalue weighted by Gasteiger charge is 2.30. The number of aliphatic carboxylic acids is 1. The van der Waals surface area contributed by atoms with E-state index in [1.54, 1.807) is 0 Å². The Morgan fingerprint density at radius 2 is 1.71 bits per heavy atom. The molecule has 2 unspecified atom stereocenters. The van der Waals surface area contributed by atoms with Crippen LogP contribution in [0.25, 0.3) is 11.1 Å². The zero-order valence-electron chi connectivity index (χ0n) is 18.9. The average Bonchev–Trinajstić information content (AvgIpc) is 3.55. The Labute approximate surface area is 201 Å². The SMILES string of the molecule is O=C(O)CC1CCC(NC(=O)c2nc(NC(=O)OCC3c4ccccc4-c4ccccc43)n[nH]2)C1. The molecule has 1 saturated carbocycles. The number of H-pyrrole nitrogens is 1. The minimum absolute atomic E-state index is 0.0411. The molecule has 0 radical (unpaired) electrons. The number of fused-ring (bicyclic) bond motifs is 3. The van der Waals surface area contributed by atoms with E-state index in [1.807, 2.05) is 36.4 Å². The van der Waals surface area contributed by atoms with Crippen LogP contribution < -0.4 is 10.6 Å². The Morgan fingerprint density at radius 3 is 2.40 bits per heavy atom. The monoisotopic (exact) mass is 475 g/mol. The van der Waals surface area contributed by atoms with Gasteiger partial charge in [0.05, 0.1) is 0 Å². The molecular weight excluding hydrogens is 450 g/mol. The molecule has 0 bridgehead atoms. The molecule has 3 aromatic rings. The highest BCUT2D eigenvalue weighted by Crippen LogP contribution is 2.44. The second-order valence-electron chi connectivity index (χ2n) is 8.91. The first-order valence-corrected chi connectivity index (χ1v) is 11.5. The first-order valence-electron chi connectivity index (χ1n) is 11.5. The van der Waals surface area contributed by atoms with Gasteiger partial charge in [0.15, 0.2) is 0 Å². The molecule has 2 atom stereocenters. The Kier molecular flexibility index (Phi) is 6.17. The Morgan fingerprint density at radius 1 is 1.03 bits per heavy atom. The molecule has 2 aliphatic carbocycles. The van der Waals surface area contributed by atoms with Crippen LogP contribution in [0.15, 0.2) is 48.5 Å². The maximum absolute atomic E-state index is 12.5. The van der Waals surface area contributed by atoms with Crippen molar-refractivity contribution in [2.75, 3.05) is 11.9 Å². The lowest BCUT2D eigenvalue weighted by Crippen LogP contribution is -2.33. The molecule has 0 aliphatic heterocycles. The number of hydrogen-bond acceptors (Lipinski definition) is 6. The third kappa shape index (κ3) is 4.86. The van der Waals surface area contributed by atoms with E-state index < -0.39 is 18.0 Å². The largest absolute Gasteiger partial charge is 0.481 e. The smallest absolute Gasteiger partial charge is 0.414 e. The lowest BCUT2D eigenvalue weighted by atomic mass is 9.98. The van der Waals surface area contributed by atoms with Crippen molar-refractivity contribution in [1.29, 1.82) is 0 Å². The number of carboxylic acid groups (broad SMARTS) is 1. The van der Waals surface area contributed by atoms with Gasteiger partial charge in [-0.1, -0.05) is 48.5 Å². The van der Waals surface area contributed by atoms with E-state index in [4.69, 9.17) is 9.84 Å². The molecule has 180 valence electrons. The van der Waals surface area contributed by atoms with Gasteiger partial charge in [0, 0.05) is 18.4 Å². The molecule has 0 spiro atoms. The summed E-state index contributed by atoms with van der Waals surface area (Å²) in [7, 11) is 0. The van der Waals surface area contributed by atoms with E-state index in [1.165, 1.54) is 0 Å². The summed E-state index contributed by atoms with van der Waals surface area (Å²) in [4.78, 5) is 39.8. The molecule has 10 heteroatoms. The van der Waals surface area contributed by atoms with E-state index in [2.05, 4.69) is 37.9 Å². The van der Waals surface area contributed by atoms with Crippen molar-refractivity contribution in [2.45, 2.75) is 37.6 Å². The molecule has 2 amide bonds. The van der Waals surface area contributed by atoms with Crippen molar-refractivity contribution in [1.82, 2.24) is 20.5 Å². The molecule has 10 nitrogen and oxygen atoms in total. The topological polar surface area (TPSA) is 146 Å². The molecular formula is C25H25N5O5. The van der Waals surface area contributed by atoms with Crippen molar-refractivity contribution in [3.05, 3.63) is 65.5 Å². The zero-order chi connectivity index (χ0) is 24.4. The van der Waals surface area contributed by atoms with Gasteiger partial charge in [-0.25, -0.2) is 4.79 Å². The highest BCUT2D eigenvalue weighted by molar-refractivity contribution is 5.91. The van der Waals surface area contributed by atoms with Crippen LogP contribution in [0.4, 0.5) is 10.7 Å². The van der Waals surface area contributed by atoms with Crippen LogP contribution in [0, 0.1) is 5.92 Å². The van der Waals surface area contributed by atoms with E-state index >= 15 is 0 Å². The van der Waals surface area contributed by atoms with Crippen LogP contribution in [0.3, 0.4) is 0 Å². The van der Waals surface area contributed by atoms with E-state index in [0.29, 0.717) is 12.8 Å². The third-order valence-electron chi connectivity index (χ3n) is 6.60. The summed E-state index contributed by atoms with van der Waals surface area (Å²) in [6.07, 6.45) is 1.45. The number of anilines is 1. The number of nitrogens with one attached hydrogen (secondary N) is 3. The number of carbonyl (C=O) groups is 3. The average molecular weight is 476 g/mol. The lowest BCUT2D eigenvalue weighted by molar-refractivity contribution is -0.138. The maximum atomic E-state index is 12.5. The van der Waals surface area contributed by atoms with Gasteiger partial charge in [-0.3, -0.25) is 20.0 Å². The van der Waals surface area contributed by atoms with Crippen molar-refractivity contribution in [3.63, 3.8) is 0 Å². The van der Waals surface area contributed by atoms with Gasteiger partial charge < -0.3 is 15.2 Å². The first-order chi connectivity index (χ1) is 17.0. The number of aromatic amines is 1. The quantitative estimate of drug-likeness (QED) is 0.409. The highest BCUT2D eigenvalue weighted by atomic mass is 16.5. The van der Waals surface area contributed by atoms with Crippen molar-refractivity contribution >= 4 is 23.9 Å². The number of amides is 2. The van der Waals surface area contributed by atoms with Gasteiger partial charge in [-0.05, 0) is 47.4 Å². The summed E-state index contributed by atoms with van der Waals surface area (Å²) < 4.78 is 5.47. The number of nitrogens with zero attached hydrogens (tertiary/aromatic N) is 2. The van der Waals surface area contributed by atoms with Gasteiger partial charge in [0.2, 0.25) is 5.82 Å². The van der Waals surface area contributed by atoms with Gasteiger partial charge in [-0.2, -0.15) is 4.98 Å². The van der Waals surface area contributed by atoms with Gasteiger partial charge in [-0.15, -0.1) is 5.10 Å². The second-order valence-corrected chi connectivity index (χ2v) is 8.91. The number of aromatic nitrogens is 3. The van der Waals surface area contributed by atoms with Crippen LogP contribution in [0.5, 0.6) is 0 Å². The fraction of sp³-hybridized carbons (Fsp3) is 0.320. The lowest BCUT2D eigenvalue weighted by Gasteiger charge is -2.13. The van der Waals surface area contributed by atoms with Gasteiger partial charge >= 0.3 is 12.1 Å². The van der Waals surface area contributed by atoms with Crippen LogP contribution in [-0.4, -0.2) is 50.9 Å². The van der Waals surface area contributed by atoms with Crippen LogP contribution in [0.2, 0.25) is 0 Å². The van der Waals surface area contributed by atoms with Crippen LogP contribution in [0.1, 0.15) is 53.3 Å². The first kappa shape index (κ1) is 22.6. The summed E-state index contributed by atoms with van der Waals surface area (Å²) >= 11 is 0. The predicted molar refractivity (Wildman–Crippen MR) is 126 cm³/mol. The second kappa shape index (κ2) is 9.57. The third-order valence-corrected chi connectivity index (χ3v) is 6.60. The molecule has 0 saturated heterocycles. The van der Waals surface area contributed by atoms with Crippen molar-refractivity contribution in [3.8, 4) is 11.1 Å². The number of rotatable bonds is 7. The Hall–Kier alpha value is -4.21. The molecule has 4 N–H and O–H groups in total. The number of carboxylic acids is 1. The molecule has 1 heterocycles.